The van der Waals surface area contributed by atoms with Crippen molar-refractivity contribution in [3.8, 4) is 0 Å². The third-order valence-corrected chi connectivity index (χ3v) is 15.1. The zero-order chi connectivity index (χ0) is 32.2. The highest BCUT2D eigenvalue weighted by Crippen LogP contribution is 2.53. The van der Waals surface area contributed by atoms with Crippen LogP contribution in [0.4, 0.5) is 0 Å². The van der Waals surface area contributed by atoms with Gasteiger partial charge >= 0.3 is 5.97 Å². The molecule has 1 amide bonds. The molecule has 0 radical (unpaired) electrons. The number of fused-ring (bicyclic) bond motifs is 2. The minimum absolute atomic E-state index is 0.00193. The predicted octanol–water partition coefficient (Wildman–Crippen LogP) is 5.61. The first-order valence-corrected chi connectivity index (χ1v) is 18.5. The molecule has 10 nitrogen and oxygen atoms in total. The molecule has 1 fully saturated rings. The summed E-state index contributed by atoms with van der Waals surface area (Å²) in [5, 5.41) is -0.00193. The lowest BCUT2D eigenvalue weighted by Gasteiger charge is -2.50. The zero-order valence-electron chi connectivity index (χ0n) is 26.9. The molecule has 3 aromatic heterocycles. The van der Waals surface area contributed by atoms with E-state index in [1.807, 2.05) is 29.7 Å². The lowest BCUT2D eigenvalue weighted by Crippen LogP contribution is -2.65. The van der Waals surface area contributed by atoms with Crippen LogP contribution in [0.2, 0.25) is 18.1 Å². The highest BCUT2D eigenvalue weighted by Gasteiger charge is 2.61. The van der Waals surface area contributed by atoms with Crippen LogP contribution >= 0.6 is 11.3 Å². The second-order valence-corrected chi connectivity index (χ2v) is 18.7. The van der Waals surface area contributed by atoms with Gasteiger partial charge in [-0.15, -0.1) is 11.3 Å². The van der Waals surface area contributed by atoms with Crippen molar-refractivity contribution in [2.45, 2.75) is 70.7 Å². The first kappa shape index (κ1) is 32.2. The van der Waals surface area contributed by atoms with Gasteiger partial charge in [0, 0.05) is 49.9 Å². The average Bonchev–Trinajstić information content (AvgIpc) is 3.63. The summed E-state index contributed by atoms with van der Waals surface area (Å²) in [6.45, 7) is 18.7. The Bertz CT molecular complexity index is 1600. The Hall–Kier alpha value is -3.16. The molecule has 2 aliphatic heterocycles. The van der Waals surface area contributed by atoms with Crippen LogP contribution in [-0.2, 0) is 34.0 Å². The molecular weight excluding hydrogens is 597 g/mol. The number of nitrogens with zero attached hydrogens (tertiary/aromatic N) is 4. The lowest BCUT2D eigenvalue weighted by atomic mass is 9.77. The third-order valence-electron chi connectivity index (χ3n) is 9.38. The van der Waals surface area contributed by atoms with Gasteiger partial charge in [0.05, 0.1) is 22.9 Å². The number of thiazole rings is 1. The van der Waals surface area contributed by atoms with Gasteiger partial charge < -0.3 is 23.5 Å². The first-order chi connectivity index (χ1) is 20.7. The van der Waals surface area contributed by atoms with Gasteiger partial charge in [-0.2, -0.15) is 0 Å². The van der Waals surface area contributed by atoms with Crippen LogP contribution in [0.25, 0.3) is 10.4 Å². The van der Waals surface area contributed by atoms with Crippen molar-refractivity contribution in [2.24, 2.45) is 11.8 Å². The highest BCUT2D eigenvalue weighted by atomic mass is 32.1. The monoisotopic (exact) mass is 638 g/mol. The summed E-state index contributed by atoms with van der Waals surface area (Å²) in [6, 6.07) is 3.46. The van der Waals surface area contributed by atoms with Crippen LogP contribution in [-0.4, -0.2) is 72.4 Å². The number of imidazole rings is 1. The number of ether oxygens (including phenoxy) is 3. The molecule has 44 heavy (non-hydrogen) atoms. The number of carbonyl (C=O) groups excluding carboxylic acids is 2. The molecule has 0 saturated carbocycles. The molecule has 5 heterocycles. The van der Waals surface area contributed by atoms with Crippen LogP contribution in [0.3, 0.4) is 0 Å². The Balaban J connectivity index is 1.58. The number of hydrogen-bond donors (Lipinski definition) is 0. The predicted molar refractivity (Wildman–Crippen MR) is 171 cm³/mol. The molecule has 0 bridgehead atoms. The van der Waals surface area contributed by atoms with E-state index in [0.29, 0.717) is 11.3 Å². The Labute approximate surface area is 263 Å². The molecule has 2 aliphatic rings. The summed E-state index contributed by atoms with van der Waals surface area (Å²) in [5.41, 5.74) is 2.29. The SMILES string of the molecule is C=CCOC(=O)C1=C(c2cn3cnc(C(OC)(OC)c4cccnc4)c3s2)[C@H](C)[C@@H]2[C@@H]([C@H](C)O[Si](C)(C)C(C)(C)C)C(=O)N12. The van der Waals surface area contributed by atoms with Gasteiger partial charge in [0.2, 0.25) is 11.7 Å². The highest BCUT2D eigenvalue weighted by molar-refractivity contribution is 7.18. The number of methoxy groups -OCH3 is 2. The van der Waals surface area contributed by atoms with Gasteiger partial charge in [0.25, 0.3) is 0 Å². The van der Waals surface area contributed by atoms with Crippen molar-refractivity contribution in [1.29, 1.82) is 0 Å². The zero-order valence-corrected chi connectivity index (χ0v) is 28.7. The number of rotatable bonds is 11. The molecule has 5 rings (SSSR count). The number of amides is 1. The molecule has 0 spiro atoms. The fraction of sp³-hybridized carbons (Fsp3) is 0.500. The van der Waals surface area contributed by atoms with E-state index < -0.39 is 20.1 Å². The summed E-state index contributed by atoms with van der Waals surface area (Å²) in [6.07, 6.45) is 8.22. The van der Waals surface area contributed by atoms with Crippen molar-refractivity contribution in [3.63, 3.8) is 0 Å². The average molecular weight is 639 g/mol. The number of carbonyl (C=O) groups is 2. The van der Waals surface area contributed by atoms with E-state index in [0.717, 1.165) is 15.3 Å². The topological polar surface area (TPSA) is 104 Å². The van der Waals surface area contributed by atoms with E-state index >= 15 is 0 Å². The Morgan fingerprint density at radius 2 is 1.95 bits per heavy atom. The smallest absolute Gasteiger partial charge is 0.355 e. The maximum Gasteiger partial charge on any atom is 0.355 e. The van der Waals surface area contributed by atoms with Gasteiger partial charge in [-0.05, 0) is 31.1 Å². The summed E-state index contributed by atoms with van der Waals surface area (Å²) >= 11 is 1.46. The Morgan fingerprint density at radius 3 is 2.55 bits per heavy atom. The molecule has 1 saturated heterocycles. The molecule has 0 N–H and O–H groups in total. The molecule has 0 unspecified atom stereocenters. The second-order valence-electron chi connectivity index (χ2n) is 12.9. The number of β-lactam (4-membered cyclic amide) rings is 1. The van der Waals surface area contributed by atoms with E-state index in [-0.39, 0.29) is 47.2 Å². The van der Waals surface area contributed by atoms with Crippen LogP contribution in [0.5, 0.6) is 0 Å². The minimum atomic E-state index is -2.14. The molecular formula is C32H42N4O6SSi. The van der Waals surface area contributed by atoms with Gasteiger partial charge in [-0.25, -0.2) is 9.78 Å². The maximum absolute atomic E-state index is 13.8. The summed E-state index contributed by atoms with van der Waals surface area (Å²) < 4.78 is 26.0. The van der Waals surface area contributed by atoms with Gasteiger partial charge in [0.15, 0.2) is 8.32 Å². The molecule has 0 aromatic carbocycles. The van der Waals surface area contributed by atoms with Crippen LogP contribution in [0.15, 0.2) is 55.4 Å². The second kappa shape index (κ2) is 11.6. The summed E-state index contributed by atoms with van der Waals surface area (Å²) in [5.74, 6) is -2.49. The largest absolute Gasteiger partial charge is 0.457 e. The third kappa shape index (κ3) is 4.96. The first-order valence-electron chi connectivity index (χ1n) is 14.7. The van der Waals surface area contributed by atoms with Gasteiger partial charge in [-0.1, -0.05) is 46.4 Å². The van der Waals surface area contributed by atoms with E-state index in [2.05, 4.69) is 57.3 Å². The van der Waals surface area contributed by atoms with Crippen LogP contribution in [0, 0.1) is 11.8 Å². The molecule has 4 atom stereocenters. The summed E-state index contributed by atoms with van der Waals surface area (Å²) in [4.78, 5) is 39.5. The van der Waals surface area contributed by atoms with E-state index in [1.165, 1.54) is 17.4 Å². The summed E-state index contributed by atoms with van der Waals surface area (Å²) in [7, 11) is 0.987. The number of hydrogen-bond acceptors (Lipinski definition) is 9. The van der Waals surface area contributed by atoms with Crippen molar-refractivity contribution in [2.75, 3.05) is 20.8 Å². The molecule has 3 aromatic rings. The van der Waals surface area contributed by atoms with E-state index in [9.17, 15) is 9.59 Å². The van der Waals surface area contributed by atoms with E-state index in [4.69, 9.17) is 18.6 Å². The van der Waals surface area contributed by atoms with Crippen molar-refractivity contribution >= 4 is 41.9 Å². The standard InChI is InChI=1S/C32H42N4O6SSi/c1-11-15-41-30(38)26-23(19(2)25-24(28(37)36(25)26)20(3)42-44(9,10)31(4,5)6)22-17-35-18-34-27(29(35)43-22)32(39-7,40-8)21-13-12-14-33-16-21/h11-14,16-20,24-25H,1,15H2,2-10H3/t19-,20-,24+,25+/m0/s1. The number of esters is 1. The van der Waals surface area contributed by atoms with E-state index in [1.54, 1.807) is 37.8 Å². The normalized spacial score (nSPS) is 21.4. The fourth-order valence-corrected chi connectivity index (χ4v) is 8.83. The Morgan fingerprint density at radius 1 is 1.25 bits per heavy atom. The van der Waals surface area contributed by atoms with Crippen LogP contribution in [0.1, 0.15) is 50.8 Å². The van der Waals surface area contributed by atoms with Crippen molar-refractivity contribution in [1.82, 2.24) is 19.3 Å². The van der Waals surface area contributed by atoms with Crippen molar-refractivity contribution in [3.05, 3.63) is 71.5 Å². The molecule has 236 valence electrons. The van der Waals surface area contributed by atoms with Gasteiger partial charge in [0.1, 0.15) is 29.2 Å². The minimum Gasteiger partial charge on any atom is -0.457 e. The molecule has 0 aliphatic carbocycles. The quantitative estimate of drug-likeness (QED) is 0.0878. The molecule has 12 heteroatoms. The van der Waals surface area contributed by atoms with Gasteiger partial charge in [-0.3, -0.25) is 14.2 Å². The number of pyridine rings is 1. The van der Waals surface area contributed by atoms with Crippen LogP contribution < -0.4 is 0 Å². The lowest BCUT2D eigenvalue weighted by molar-refractivity contribution is -0.185. The Kier molecular flexibility index (Phi) is 8.53. The number of aromatic nitrogens is 3. The van der Waals surface area contributed by atoms with Crippen molar-refractivity contribution < 1.29 is 28.2 Å². The maximum atomic E-state index is 13.8. The fourth-order valence-electron chi connectivity index (χ4n) is 6.14.